The quantitative estimate of drug-likeness (QED) is 0.523. The number of primary amides is 1. The van der Waals surface area contributed by atoms with Crippen molar-refractivity contribution in [2.75, 3.05) is 7.11 Å². The first-order valence-corrected chi connectivity index (χ1v) is 8.12. The summed E-state index contributed by atoms with van der Waals surface area (Å²) in [6.07, 6.45) is 5.27. The van der Waals surface area contributed by atoms with Crippen LogP contribution in [0.25, 0.3) is 11.3 Å². The van der Waals surface area contributed by atoms with E-state index in [0.29, 0.717) is 23.4 Å². The van der Waals surface area contributed by atoms with Crippen molar-refractivity contribution in [1.29, 1.82) is 0 Å². The van der Waals surface area contributed by atoms with Gasteiger partial charge >= 0.3 is 5.97 Å². The van der Waals surface area contributed by atoms with Crippen molar-refractivity contribution in [2.24, 2.45) is 5.73 Å². The van der Waals surface area contributed by atoms with Gasteiger partial charge in [0, 0.05) is 5.69 Å². The van der Waals surface area contributed by atoms with E-state index >= 15 is 0 Å². The number of allylic oxidation sites excluding steroid dienone is 3. The van der Waals surface area contributed by atoms with Crippen LogP contribution in [0, 0.1) is 0 Å². The SMILES string of the molecule is C=C(/C=C\C(=C)c1ccc(CCC(=O)O)n1-c1ccc(C(N)=O)nc1)OC. The average molecular weight is 367 g/mol. The lowest BCUT2D eigenvalue weighted by Crippen LogP contribution is -2.13. The van der Waals surface area contributed by atoms with Crippen molar-refractivity contribution in [3.8, 4) is 5.69 Å². The van der Waals surface area contributed by atoms with E-state index < -0.39 is 11.9 Å². The summed E-state index contributed by atoms with van der Waals surface area (Å²) in [6.45, 7) is 7.78. The molecule has 1 amide bonds. The van der Waals surface area contributed by atoms with Crippen LogP contribution in [0.1, 0.15) is 28.3 Å². The molecule has 0 aliphatic carbocycles. The maximum absolute atomic E-state index is 11.2. The number of hydrogen-bond donors (Lipinski definition) is 2. The number of ether oxygens (including phenoxy) is 1. The van der Waals surface area contributed by atoms with Gasteiger partial charge in [-0.2, -0.15) is 0 Å². The molecule has 0 aromatic carbocycles. The summed E-state index contributed by atoms with van der Waals surface area (Å²) in [6, 6.07) is 6.91. The number of aromatic nitrogens is 2. The molecule has 140 valence electrons. The monoisotopic (exact) mass is 367 g/mol. The molecule has 0 atom stereocenters. The Hall–Kier alpha value is -3.61. The van der Waals surface area contributed by atoms with Crippen LogP contribution < -0.4 is 5.73 Å². The summed E-state index contributed by atoms with van der Waals surface area (Å²) in [7, 11) is 1.52. The molecule has 0 spiro atoms. The molecule has 0 aliphatic heterocycles. The van der Waals surface area contributed by atoms with E-state index in [1.54, 1.807) is 18.2 Å². The number of carbonyl (C=O) groups excluding carboxylic acids is 1. The lowest BCUT2D eigenvalue weighted by molar-refractivity contribution is -0.136. The Bertz CT molecular complexity index is 908. The average Bonchev–Trinajstić information content (AvgIpc) is 3.08. The Kier molecular flexibility index (Phi) is 6.32. The minimum atomic E-state index is -0.887. The van der Waals surface area contributed by atoms with Gasteiger partial charge in [0.15, 0.2) is 0 Å². The molecular formula is C20H21N3O4. The Morgan fingerprint density at radius 1 is 1.26 bits per heavy atom. The lowest BCUT2D eigenvalue weighted by Gasteiger charge is -2.14. The van der Waals surface area contributed by atoms with Gasteiger partial charge in [-0.15, -0.1) is 0 Å². The number of nitrogens with two attached hydrogens (primary N) is 1. The summed E-state index contributed by atoms with van der Waals surface area (Å²) in [5.41, 5.74) is 8.26. The standard InChI is InChI=1S/C20H21N3O4/c1-13(4-5-14(2)27-3)18-10-7-15(8-11-19(24)25)23(18)16-6-9-17(20(21)26)22-12-16/h4-7,9-10,12H,1-2,8,11H2,3H3,(H2,21,26)(H,24,25)/b5-4-. The highest BCUT2D eigenvalue weighted by molar-refractivity contribution is 5.90. The highest BCUT2D eigenvalue weighted by atomic mass is 16.5. The largest absolute Gasteiger partial charge is 0.497 e. The van der Waals surface area contributed by atoms with Crippen LogP contribution in [0.3, 0.4) is 0 Å². The fourth-order valence-electron chi connectivity index (χ4n) is 2.48. The second-order valence-corrected chi connectivity index (χ2v) is 5.73. The molecule has 2 rings (SSSR count). The smallest absolute Gasteiger partial charge is 0.303 e. The van der Waals surface area contributed by atoms with Crippen LogP contribution in [-0.4, -0.2) is 33.6 Å². The Balaban J connectivity index is 2.46. The normalized spacial score (nSPS) is 10.7. The fraction of sp³-hybridized carbons (Fsp3) is 0.150. The third-order valence-electron chi connectivity index (χ3n) is 3.88. The third-order valence-corrected chi connectivity index (χ3v) is 3.88. The number of hydrogen-bond acceptors (Lipinski definition) is 4. The molecule has 0 fully saturated rings. The molecule has 3 N–H and O–H groups in total. The zero-order valence-electron chi connectivity index (χ0n) is 15.0. The van der Waals surface area contributed by atoms with Crippen molar-refractivity contribution < 1.29 is 19.4 Å². The third kappa shape index (κ3) is 4.94. The number of aliphatic carboxylic acids is 1. The Labute approximate surface area is 157 Å². The molecule has 7 heteroatoms. The van der Waals surface area contributed by atoms with Crippen LogP contribution in [-0.2, 0) is 16.0 Å². The van der Waals surface area contributed by atoms with Crippen LogP contribution >= 0.6 is 0 Å². The summed E-state index contributed by atoms with van der Waals surface area (Å²) < 4.78 is 6.86. The van der Waals surface area contributed by atoms with Gasteiger partial charge in [-0.05, 0) is 48.4 Å². The molecule has 2 aromatic rings. The van der Waals surface area contributed by atoms with Crippen LogP contribution in [0.15, 0.2) is 61.5 Å². The zero-order chi connectivity index (χ0) is 20.0. The number of carbonyl (C=O) groups is 2. The lowest BCUT2D eigenvalue weighted by atomic mass is 10.2. The van der Waals surface area contributed by atoms with Crippen molar-refractivity contribution in [1.82, 2.24) is 9.55 Å². The zero-order valence-corrected chi connectivity index (χ0v) is 15.0. The van der Waals surface area contributed by atoms with Crippen molar-refractivity contribution in [2.45, 2.75) is 12.8 Å². The summed E-state index contributed by atoms with van der Waals surface area (Å²) in [5, 5.41) is 9.00. The van der Waals surface area contributed by atoms with Gasteiger partial charge in [-0.25, -0.2) is 4.98 Å². The van der Waals surface area contributed by atoms with Gasteiger partial charge in [0.1, 0.15) is 11.5 Å². The van der Waals surface area contributed by atoms with Gasteiger partial charge in [-0.1, -0.05) is 13.2 Å². The molecule has 0 saturated carbocycles. The van der Waals surface area contributed by atoms with Gasteiger partial charge in [0.2, 0.25) is 0 Å². The minimum absolute atomic E-state index is 0.0148. The molecule has 0 saturated heterocycles. The van der Waals surface area contributed by atoms with E-state index in [0.717, 1.165) is 11.4 Å². The van der Waals surface area contributed by atoms with Crippen molar-refractivity contribution in [3.63, 3.8) is 0 Å². The summed E-state index contributed by atoms with van der Waals surface area (Å²) in [4.78, 5) is 26.3. The second-order valence-electron chi connectivity index (χ2n) is 5.73. The topological polar surface area (TPSA) is 107 Å². The summed E-state index contributed by atoms with van der Waals surface area (Å²) >= 11 is 0. The van der Waals surface area contributed by atoms with Gasteiger partial charge < -0.3 is 20.1 Å². The Morgan fingerprint density at radius 2 is 2.00 bits per heavy atom. The molecule has 0 aliphatic rings. The highest BCUT2D eigenvalue weighted by Crippen LogP contribution is 2.24. The first kappa shape index (κ1) is 19.7. The van der Waals surface area contributed by atoms with E-state index in [-0.39, 0.29) is 12.1 Å². The maximum atomic E-state index is 11.2. The van der Waals surface area contributed by atoms with E-state index in [1.807, 2.05) is 16.7 Å². The van der Waals surface area contributed by atoms with Crippen LogP contribution in [0.4, 0.5) is 0 Å². The second kappa shape index (κ2) is 8.66. The number of aryl methyl sites for hydroxylation is 1. The molecule has 0 unspecified atom stereocenters. The highest BCUT2D eigenvalue weighted by Gasteiger charge is 2.14. The van der Waals surface area contributed by atoms with E-state index in [9.17, 15) is 9.59 Å². The number of nitrogens with zero attached hydrogens (tertiary/aromatic N) is 2. The molecule has 0 bridgehead atoms. The molecule has 27 heavy (non-hydrogen) atoms. The van der Waals surface area contributed by atoms with Crippen molar-refractivity contribution in [3.05, 3.63) is 78.6 Å². The molecule has 7 nitrogen and oxygen atoms in total. The molecule has 2 aromatic heterocycles. The first-order chi connectivity index (χ1) is 12.8. The van der Waals surface area contributed by atoms with Crippen LogP contribution in [0.5, 0.6) is 0 Å². The number of rotatable bonds is 9. The molecule has 0 radical (unpaired) electrons. The van der Waals surface area contributed by atoms with Gasteiger partial charge in [0.05, 0.1) is 31.1 Å². The van der Waals surface area contributed by atoms with E-state index in [1.165, 1.54) is 19.4 Å². The maximum Gasteiger partial charge on any atom is 0.303 e. The number of carboxylic acid groups (broad SMARTS) is 1. The predicted molar refractivity (Wildman–Crippen MR) is 102 cm³/mol. The van der Waals surface area contributed by atoms with Crippen molar-refractivity contribution >= 4 is 17.4 Å². The predicted octanol–water partition coefficient (Wildman–Crippen LogP) is 2.72. The fourth-order valence-corrected chi connectivity index (χ4v) is 2.48. The molecule has 2 heterocycles. The number of methoxy groups -OCH3 is 1. The van der Waals surface area contributed by atoms with E-state index in [2.05, 4.69) is 18.1 Å². The number of pyridine rings is 1. The number of amides is 1. The molecular weight excluding hydrogens is 346 g/mol. The Morgan fingerprint density at radius 3 is 2.56 bits per heavy atom. The van der Waals surface area contributed by atoms with E-state index in [4.69, 9.17) is 15.6 Å². The minimum Gasteiger partial charge on any atom is -0.497 e. The number of carboxylic acids is 1. The van der Waals surface area contributed by atoms with Gasteiger partial charge in [-0.3, -0.25) is 9.59 Å². The van der Waals surface area contributed by atoms with Gasteiger partial charge in [0.25, 0.3) is 5.91 Å². The van der Waals surface area contributed by atoms with Crippen LogP contribution in [0.2, 0.25) is 0 Å². The summed E-state index contributed by atoms with van der Waals surface area (Å²) in [5.74, 6) is -1.03. The first-order valence-electron chi connectivity index (χ1n) is 8.12.